The zero-order chi connectivity index (χ0) is 18.2. The molecule has 1 aromatic carbocycles. The van der Waals surface area contributed by atoms with E-state index in [-0.39, 0.29) is 11.6 Å². The van der Waals surface area contributed by atoms with Crippen LogP contribution in [0.3, 0.4) is 0 Å². The molecule has 2 aromatic rings. The van der Waals surface area contributed by atoms with Gasteiger partial charge in [-0.15, -0.1) is 5.10 Å². The predicted octanol–water partition coefficient (Wildman–Crippen LogP) is 2.84. The van der Waals surface area contributed by atoms with Crippen molar-refractivity contribution in [3.05, 3.63) is 41.2 Å². The number of amides is 1. The number of unbranched alkanes of at least 4 members (excludes halogenated alkanes) is 2. The minimum absolute atomic E-state index is 0.0282. The van der Waals surface area contributed by atoms with Gasteiger partial charge in [0.25, 0.3) is 5.91 Å². The quantitative estimate of drug-likeness (QED) is 0.682. The summed E-state index contributed by atoms with van der Waals surface area (Å²) < 4.78 is 1.52. The summed E-state index contributed by atoms with van der Waals surface area (Å²) >= 11 is 0. The largest absolute Gasteiger partial charge is 0.476 e. The third-order valence-corrected chi connectivity index (χ3v) is 3.89. The highest BCUT2D eigenvalue weighted by Gasteiger charge is 2.19. The fourth-order valence-corrected chi connectivity index (χ4v) is 2.57. The van der Waals surface area contributed by atoms with Crippen LogP contribution in [0.5, 0.6) is 0 Å². The van der Waals surface area contributed by atoms with Crippen molar-refractivity contribution in [2.75, 3.05) is 6.54 Å². The second kappa shape index (κ2) is 8.96. The number of carboxylic acid groups (broad SMARTS) is 1. The molecule has 0 bridgehead atoms. The molecule has 25 heavy (non-hydrogen) atoms. The predicted molar refractivity (Wildman–Crippen MR) is 94.2 cm³/mol. The van der Waals surface area contributed by atoms with Crippen molar-refractivity contribution in [2.24, 2.45) is 0 Å². The van der Waals surface area contributed by atoms with Gasteiger partial charge in [0.15, 0.2) is 5.69 Å². The Bertz CT molecular complexity index is 722. The maximum Gasteiger partial charge on any atom is 0.358 e. The lowest BCUT2D eigenvalue weighted by molar-refractivity contribution is 0.0689. The van der Waals surface area contributed by atoms with Crippen LogP contribution in [0.4, 0.5) is 0 Å². The highest BCUT2D eigenvalue weighted by atomic mass is 16.4. The zero-order valence-electron chi connectivity index (χ0n) is 14.7. The van der Waals surface area contributed by atoms with Crippen molar-refractivity contribution >= 4 is 11.9 Å². The number of rotatable bonds is 9. The Morgan fingerprint density at radius 1 is 1.12 bits per heavy atom. The number of carbonyl (C=O) groups is 2. The van der Waals surface area contributed by atoms with Gasteiger partial charge in [0.2, 0.25) is 0 Å². The molecule has 1 aromatic heterocycles. The second-order valence-electron chi connectivity index (χ2n) is 5.86. The van der Waals surface area contributed by atoms with Crippen LogP contribution in [0.25, 0.3) is 5.69 Å². The van der Waals surface area contributed by atoms with E-state index < -0.39 is 5.97 Å². The normalized spacial score (nSPS) is 10.6. The van der Waals surface area contributed by atoms with Gasteiger partial charge in [0.05, 0.1) is 11.4 Å². The first-order chi connectivity index (χ1) is 12.1. The molecule has 0 spiro atoms. The van der Waals surface area contributed by atoms with Crippen molar-refractivity contribution in [2.45, 2.75) is 46.0 Å². The van der Waals surface area contributed by atoms with E-state index in [1.54, 1.807) is 24.3 Å². The van der Waals surface area contributed by atoms with E-state index in [1.165, 1.54) is 4.68 Å². The van der Waals surface area contributed by atoms with Crippen LogP contribution >= 0.6 is 0 Å². The maximum absolute atomic E-state index is 12.1. The molecule has 2 N–H and O–H groups in total. The molecule has 0 radical (unpaired) electrons. The SMILES string of the molecule is CCCCCNC(=O)c1ccc(-n2nnc(C(=O)O)c2CCC)cc1. The first-order valence-electron chi connectivity index (χ1n) is 8.65. The van der Waals surface area contributed by atoms with E-state index in [4.69, 9.17) is 0 Å². The maximum atomic E-state index is 12.1. The van der Waals surface area contributed by atoms with E-state index in [0.717, 1.165) is 25.7 Å². The van der Waals surface area contributed by atoms with Crippen LogP contribution in [-0.2, 0) is 6.42 Å². The third-order valence-electron chi connectivity index (χ3n) is 3.89. The average Bonchev–Trinajstić information content (AvgIpc) is 3.03. The van der Waals surface area contributed by atoms with Gasteiger partial charge in [-0.1, -0.05) is 38.3 Å². The van der Waals surface area contributed by atoms with Gasteiger partial charge < -0.3 is 10.4 Å². The molecule has 0 saturated carbocycles. The molecule has 0 saturated heterocycles. The van der Waals surface area contributed by atoms with Crippen molar-refractivity contribution in [1.82, 2.24) is 20.3 Å². The summed E-state index contributed by atoms with van der Waals surface area (Å²) in [6.45, 7) is 4.75. The van der Waals surface area contributed by atoms with Crippen LogP contribution in [-0.4, -0.2) is 38.5 Å². The number of aromatic carboxylic acids is 1. The summed E-state index contributed by atoms with van der Waals surface area (Å²) in [4.78, 5) is 23.4. The van der Waals surface area contributed by atoms with E-state index in [9.17, 15) is 14.7 Å². The molecular formula is C18H24N4O3. The van der Waals surface area contributed by atoms with Gasteiger partial charge in [-0.2, -0.15) is 0 Å². The van der Waals surface area contributed by atoms with E-state index in [1.807, 2.05) is 6.92 Å². The van der Waals surface area contributed by atoms with Gasteiger partial charge in [0, 0.05) is 12.1 Å². The first kappa shape index (κ1) is 18.6. The second-order valence-corrected chi connectivity index (χ2v) is 5.86. The number of carbonyl (C=O) groups excluding carboxylic acids is 1. The molecule has 0 unspecified atom stereocenters. The summed E-state index contributed by atoms with van der Waals surface area (Å²) in [5, 5.41) is 19.8. The standard InChI is InChI=1S/C18H24N4O3/c1-3-5-6-12-19-17(23)13-8-10-14(11-9-13)22-15(7-4-2)16(18(24)25)20-21-22/h8-11H,3-7,12H2,1-2H3,(H,19,23)(H,24,25). The highest BCUT2D eigenvalue weighted by molar-refractivity contribution is 5.94. The number of aromatic nitrogens is 3. The number of hydrogen-bond acceptors (Lipinski definition) is 4. The number of nitrogens with one attached hydrogen (secondary N) is 1. The van der Waals surface area contributed by atoms with E-state index >= 15 is 0 Å². The van der Waals surface area contributed by atoms with E-state index in [0.29, 0.717) is 29.9 Å². The van der Waals surface area contributed by atoms with Gasteiger partial charge in [-0.05, 0) is 37.1 Å². The van der Waals surface area contributed by atoms with Crippen molar-refractivity contribution in [1.29, 1.82) is 0 Å². The Morgan fingerprint density at radius 3 is 2.44 bits per heavy atom. The van der Waals surface area contributed by atoms with Crippen molar-refractivity contribution < 1.29 is 14.7 Å². The summed E-state index contributed by atoms with van der Waals surface area (Å²) in [5.41, 5.74) is 1.79. The first-order valence-corrected chi connectivity index (χ1v) is 8.65. The van der Waals surface area contributed by atoms with Crippen LogP contribution in [0.1, 0.15) is 66.1 Å². The summed E-state index contributed by atoms with van der Waals surface area (Å²) in [5.74, 6) is -1.20. The lowest BCUT2D eigenvalue weighted by Crippen LogP contribution is -2.24. The number of hydrogen-bond donors (Lipinski definition) is 2. The van der Waals surface area contributed by atoms with Gasteiger partial charge in [-0.3, -0.25) is 4.79 Å². The summed E-state index contributed by atoms with van der Waals surface area (Å²) in [7, 11) is 0. The molecule has 2 rings (SSSR count). The number of carboxylic acids is 1. The molecule has 7 heteroatoms. The molecule has 1 heterocycles. The van der Waals surface area contributed by atoms with Gasteiger partial charge >= 0.3 is 5.97 Å². The van der Waals surface area contributed by atoms with Crippen LogP contribution in [0.15, 0.2) is 24.3 Å². The minimum atomic E-state index is -1.09. The molecular weight excluding hydrogens is 320 g/mol. The highest BCUT2D eigenvalue weighted by Crippen LogP contribution is 2.16. The Kier molecular flexibility index (Phi) is 6.68. The van der Waals surface area contributed by atoms with Gasteiger partial charge in [-0.25, -0.2) is 9.48 Å². The Balaban J connectivity index is 2.14. The fraction of sp³-hybridized carbons (Fsp3) is 0.444. The molecule has 1 amide bonds. The average molecular weight is 344 g/mol. The summed E-state index contributed by atoms with van der Waals surface area (Å²) in [6, 6.07) is 6.92. The smallest absolute Gasteiger partial charge is 0.358 e. The Labute approximate surface area is 147 Å². The van der Waals surface area contributed by atoms with Crippen LogP contribution in [0.2, 0.25) is 0 Å². The molecule has 0 aliphatic rings. The Morgan fingerprint density at radius 2 is 1.84 bits per heavy atom. The molecule has 134 valence electrons. The van der Waals surface area contributed by atoms with Crippen molar-refractivity contribution in [3.63, 3.8) is 0 Å². The number of nitrogens with zero attached hydrogens (tertiary/aromatic N) is 3. The minimum Gasteiger partial charge on any atom is -0.476 e. The van der Waals surface area contributed by atoms with Crippen LogP contribution < -0.4 is 5.32 Å². The lowest BCUT2D eigenvalue weighted by Gasteiger charge is -2.08. The topological polar surface area (TPSA) is 97.1 Å². The van der Waals surface area contributed by atoms with E-state index in [2.05, 4.69) is 22.6 Å². The molecule has 0 fully saturated rings. The molecule has 0 atom stereocenters. The fourth-order valence-electron chi connectivity index (χ4n) is 2.57. The number of benzene rings is 1. The van der Waals surface area contributed by atoms with Crippen molar-refractivity contribution in [3.8, 4) is 5.69 Å². The molecule has 0 aliphatic carbocycles. The monoisotopic (exact) mass is 344 g/mol. The lowest BCUT2D eigenvalue weighted by atomic mass is 10.1. The van der Waals surface area contributed by atoms with Crippen LogP contribution in [0, 0.1) is 0 Å². The van der Waals surface area contributed by atoms with Gasteiger partial charge in [0.1, 0.15) is 0 Å². The zero-order valence-corrected chi connectivity index (χ0v) is 14.7. The molecule has 7 nitrogen and oxygen atoms in total. The Hall–Kier alpha value is -2.70. The molecule has 0 aliphatic heterocycles. The summed E-state index contributed by atoms with van der Waals surface area (Å²) in [6.07, 6.45) is 4.52. The third kappa shape index (κ3) is 4.65.